The summed E-state index contributed by atoms with van der Waals surface area (Å²) in [7, 11) is 0. The minimum Gasteiger partial charge on any atom is -0.494 e. The summed E-state index contributed by atoms with van der Waals surface area (Å²) >= 11 is 0. The summed E-state index contributed by atoms with van der Waals surface area (Å²) in [5.74, 6) is 1.75. The molecule has 1 fully saturated rings. The standard InChI is InChI=1S/C16H25NO2/c1-2-7-16(8-3-1)19-12-5-11-18-13-9-15-6-4-10-17-14-15/h1-3,7-8,15,17H,4-6,9-14H2. The van der Waals surface area contributed by atoms with Crippen LogP contribution in [0.5, 0.6) is 5.75 Å². The predicted molar refractivity (Wildman–Crippen MR) is 77.6 cm³/mol. The van der Waals surface area contributed by atoms with E-state index < -0.39 is 0 Å². The SMILES string of the molecule is c1ccc(OCCCOCCC2CCCNC2)cc1. The first-order chi connectivity index (χ1) is 9.45. The molecule has 19 heavy (non-hydrogen) atoms. The van der Waals surface area contributed by atoms with Gasteiger partial charge in [0.25, 0.3) is 0 Å². The van der Waals surface area contributed by atoms with Crippen molar-refractivity contribution in [3.05, 3.63) is 30.3 Å². The third-order valence-electron chi connectivity index (χ3n) is 3.51. The van der Waals surface area contributed by atoms with Crippen LogP contribution in [0.25, 0.3) is 0 Å². The second-order valence-electron chi connectivity index (χ2n) is 5.13. The number of para-hydroxylation sites is 1. The molecule has 0 aliphatic carbocycles. The molecular formula is C16H25NO2. The molecule has 1 aliphatic rings. The van der Waals surface area contributed by atoms with E-state index in [2.05, 4.69) is 5.32 Å². The van der Waals surface area contributed by atoms with Gasteiger partial charge in [0, 0.05) is 19.6 Å². The van der Waals surface area contributed by atoms with Crippen molar-refractivity contribution in [1.82, 2.24) is 5.32 Å². The summed E-state index contributed by atoms with van der Waals surface area (Å²) in [6.45, 7) is 4.77. The summed E-state index contributed by atoms with van der Waals surface area (Å²) in [6, 6.07) is 9.94. The van der Waals surface area contributed by atoms with Gasteiger partial charge >= 0.3 is 0 Å². The molecule has 3 nitrogen and oxygen atoms in total. The highest BCUT2D eigenvalue weighted by atomic mass is 16.5. The molecule has 3 heteroatoms. The smallest absolute Gasteiger partial charge is 0.119 e. The molecule has 1 heterocycles. The van der Waals surface area contributed by atoms with Crippen molar-refractivity contribution < 1.29 is 9.47 Å². The van der Waals surface area contributed by atoms with Crippen molar-refractivity contribution in [3.8, 4) is 5.75 Å². The Morgan fingerprint density at radius 2 is 2.00 bits per heavy atom. The average Bonchev–Trinajstić information content (AvgIpc) is 2.48. The fourth-order valence-electron chi connectivity index (χ4n) is 2.39. The Bertz CT molecular complexity index is 323. The molecule has 1 saturated heterocycles. The van der Waals surface area contributed by atoms with Crippen molar-refractivity contribution in [2.45, 2.75) is 25.7 Å². The third-order valence-corrected chi connectivity index (χ3v) is 3.51. The van der Waals surface area contributed by atoms with Crippen LogP contribution < -0.4 is 10.1 Å². The summed E-state index contributed by atoms with van der Waals surface area (Å²) < 4.78 is 11.3. The van der Waals surface area contributed by atoms with Gasteiger partial charge in [-0.05, 0) is 50.4 Å². The fraction of sp³-hybridized carbons (Fsp3) is 0.625. The van der Waals surface area contributed by atoms with Gasteiger partial charge in [0.2, 0.25) is 0 Å². The van der Waals surface area contributed by atoms with Crippen molar-refractivity contribution in [2.24, 2.45) is 5.92 Å². The quantitative estimate of drug-likeness (QED) is 0.732. The Morgan fingerprint density at radius 3 is 2.79 bits per heavy atom. The number of piperidine rings is 1. The Morgan fingerprint density at radius 1 is 1.11 bits per heavy atom. The van der Waals surface area contributed by atoms with Gasteiger partial charge in [0.05, 0.1) is 6.61 Å². The van der Waals surface area contributed by atoms with Gasteiger partial charge in [0.1, 0.15) is 5.75 Å². The molecule has 1 unspecified atom stereocenters. The van der Waals surface area contributed by atoms with Crippen molar-refractivity contribution in [3.63, 3.8) is 0 Å². The zero-order chi connectivity index (χ0) is 13.2. The number of nitrogens with one attached hydrogen (secondary N) is 1. The Labute approximate surface area is 116 Å². The molecule has 0 bridgehead atoms. The van der Waals surface area contributed by atoms with Gasteiger partial charge in [-0.25, -0.2) is 0 Å². The number of hydrogen-bond acceptors (Lipinski definition) is 3. The molecule has 0 amide bonds. The lowest BCUT2D eigenvalue weighted by Crippen LogP contribution is -2.30. The van der Waals surface area contributed by atoms with Crippen LogP contribution in [0.4, 0.5) is 0 Å². The Kier molecular flexibility index (Phi) is 6.75. The minimum atomic E-state index is 0.731. The van der Waals surface area contributed by atoms with E-state index in [9.17, 15) is 0 Å². The first-order valence-corrected chi connectivity index (χ1v) is 7.41. The number of hydrogen-bond donors (Lipinski definition) is 1. The Balaban J connectivity index is 1.42. The van der Waals surface area contributed by atoms with Crippen molar-refractivity contribution >= 4 is 0 Å². The summed E-state index contributed by atoms with van der Waals surface area (Å²) in [6.07, 6.45) is 4.81. The average molecular weight is 263 g/mol. The van der Waals surface area contributed by atoms with E-state index >= 15 is 0 Å². The van der Waals surface area contributed by atoms with Gasteiger partial charge < -0.3 is 14.8 Å². The van der Waals surface area contributed by atoms with Gasteiger partial charge in [0.15, 0.2) is 0 Å². The highest BCUT2D eigenvalue weighted by molar-refractivity contribution is 5.20. The number of ether oxygens (including phenoxy) is 2. The molecule has 1 atom stereocenters. The molecule has 1 aromatic rings. The van der Waals surface area contributed by atoms with Gasteiger partial charge in [-0.1, -0.05) is 18.2 Å². The van der Waals surface area contributed by atoms with Gasteiger partial charge in [-0.3, -0.25) is 0 Å². The lowest BCUT2D eigenvalue weighted by Gasteiger charge is -2.22. The molecule has 0 aromatic heterocycles. The first kappa shape index (κ1) is 14.4. The normalized spacial score (nSPS) is 19.3. The van der Waals surface area contributed by atoms with Crippen molar-refractivity contribution in [1.29, 1.82) is 0 Å². The maximum Gasteiger partial charge on any atom is 0.119 e. The summed E-state index contributed by atoms with van der Waals surface area (Å²) in [4.78, 5) is 0. The van der Waals surface area contributed by atoms with E-state index in [1.54, 1.807) is 0 Å². The van der Waals surface area contributed by atoms with Crippen LogP contribution in [0, 0.1) is 5.92 Å². The highest BCUT2D eigenvalue weighted by Gasteiger charge is 2.11. The summed E-state index contributed by atoms with van der Waals surface area (Å²) in [5, 5.41) is 3.44. The maximum atomic E-state index is 5.67. The zero-order valence-corrected chi connectivity index (χ0v) is 11.6. The third kappa shape index (κ3) is 6.08. The number of benzene rings is 1. The highest BCUT2D eigenvalue weighted by Crippen LogP contribution is 2.13. The molecule has 106 valence electrons. The second kappa shape index (κ2) is 8.94. The van der Waals surface area contributed by atoms with Crippen LogP contribution in [0.2, 0.25) is 0 Å². The maximum absolute atomic E-state index is 5.67. The van der Waals surface area contributed by atoms with Crippen LogP contribution in [-0.2, 0) is 4.74 Å². The largest absolute Gasteiger partial charge is 0.494 e. The zero-order valence-electron chi connectivity index (χ0n) is 11.6. The Hall–Kier alpha value is -1.06. The van der Waals surface area contributed by atoms with E-state index in [-0.39, 0.29) is 0 Å². The van der Waals surface area contributed by atoms with Crippen molar-refractivity contribution in [2.75, 3.05) is 32.9 Å². The molecule has 1 N–H and O–H groups in total. The number of rotatable bonds is 8. The van der Waals surface area contributed by atoms with Crippen LogP contribution in [0.1, 0.15) is 25.7 Å². The van der Waals surface area contributed by atoms with Crippen LogP contribution in [0.3, 0.4) is 0 Å². The minimum absolute atomic E-state index is 0.731. The van der Waals surface area contributed by atoms with E-state index in [0.29, 0.717) is 0 Å². The van der Waals surface area contributed by atoms with E-state index in [1.165, 1.54) is 32.4 Å². The predicted octanol–water partition coefficient (Wildman–Crippen LogP) is 2.86. The van der Waals surface area contributed by atoms with Crippen LogP contribution in [-0.4, -0.2) is 32.9 Å². The van der Waals surface area contributed by atoms with E-state index in [4.69, 9.17) is 9.47 Å². The van der Waals surface area contributed by atoms with E-state index in [1.807, 2.05) is 30.3 Å². The molecule has 1 aromatic carbocycles. The molecular weight excluding hydrogens is 238 g/mol. The topological polar surface area (TPSA) is 30.5 Å². The van der Waals surface area contributed by atoms with E-state index in [0.717, 1.165) is 37.9 Å². The summed E-state index contributed by atoms with van der Waals surface area (Å²) in [5.41, 5.74) is 0. The van der Waals surface area contributed by atoms with Gasteiger partial charge in [-0.2, -0.15) is 0 Å². The van der Waals surface area contributed by atoms with Crippen LogP contribution >= 0.6 is 0 Å². The van der Waals surface area contributed by atoms with Crippen LogP contribution in [0.15, 0.2) is 30.3 Å². The molecule has 0 radical (unpaired) electrons. The molecule has 2 rings (SSSR count). The second-order valence-corrected chi connectivity index (χ2v) is 5.13. The van der Waals surface area contributed by atoms with Gasteiger partial charge in [-0.15, -0.1) is 0 Å². The lowest BCUT2D eigenvalue weighted by atomic mass is 9.97. The fourth-order valence-corrected chi connectivity index (χ4v) is 2.39. The molecule has 1 aliphatic heterocycles. The molecule has 0 saturated carbocycles. The monoisotopic (exact) mass is 263 g/mol. The first-order valence-electron chi connectivity index (χ1n) is 7.41. The lowest BCUT2D eigenvalue weighted by molar-refractivity contribution is 0.104. The molecule has 0 spiro atoms.